The van der Waals surface area contributed by atoms with E-state index in [4.69, 9.17) is 10.5 Å². The molecule has 0 bridgehead atoms. The van der Waals surface area contributed by atoms with Gasteiger partial charge in [-0.05, 0) is 56.9 Å². The summed E-state index contributed by atoms with van der Waals surface area (Å²) < 4.78 is 6.01. The standard InChI is InChI=1S/C17H28N2O/c1-4-5-14(3)20-17-7-6-16(12-13(17)2)19-10-8-15(18)9-11-19/h6-7,12,14-15H,4-5,8-11,18H2,1-3H3. The van der Waals surface area contributed by atoms with Gasteiger partial charge in [0, 0.05) is 24.8 Å². The quantitative estimate of drug-likeness (QED) is 0.894. The van der Waals surface area contributed by atoms with Gasteiger partial charge in [-0.1, -0.05) is 13.3 Å². The maximum atomic E-state index is 6.01. The molecule has 1 unspecified atom stereocenters. The summed E-state index contributed by atoms with van der Waals surface area (Å²) >= 11 is 0. The Morgan fingerprint density at radius 2 is 2.05 bits per heavy atom. The Labute approximate surface area is 123 Å². The van der Waals surface area contributed by atoms with Crippen LogP contribution in [0.4, 0.5) is 5.69 Å². The molecule has 1 saturated heterocycles. The molecule has 0 aliphatic carbocycles. The van der Waals surface area contributed by atoms with Crippen molar-refractivity contribution >= 4 is 5.69 Å². The molecule has 0 saturated carbocycles. The lowest BCUT2D eigenvalue weighted by atomic mass is 10.0. The Hall–Kier alpha value is -1.22. The summed E-state index contributed by atoms with van der Waals surface area (Å²) in [4.78, 5) is 2.43. The van der Waals surface area contributed by atoms with Crippen molar-refractivity contribution in [1.29, 1.82) is 0 Å². The Bertz CT molecular complexity index is 425. The molecule has 0 aromatic heterocycles. The maximum absolute atomic E-state index is 6.01. The SMILES string of the molecule is CCCC(C)Oc1ccc(N2CCC(N)CC2)cc1C. The van der Waals surface area contributed by atoms with Gasteiger partial charge in [-0.2, -0.15) is 0 Å². The lowest BCUT2D eigenvalue weighted by Gasteiger charge is -2.32. The Morgan fingerprint density at radius 3 is 2.65 bits per heavy atom. The molecule has 1 aromatic carbocycles. The summed E-state index contributed by atoms with van der Waals surface area (Å²) in [5, 5.41) is 0. The van der Waals surface area contributed by atoms with Gasteiger partial charge >= 0.3 is 0 Å². The van der Waals surface area contributed by atoms with E-state index in [2.05, 4.69) is 43.9 Å². The molecule has 1 aliphatic rings. The zero-order chi connectivity index (χ0) is 14.5. The van der Waals surface area contributed by atoms with Gasteiger partial charge in [-0.25, -0.2) is 0 Å². The lowest BCUT2D eigenvalue weighted by molar-refractivity contribution is 0.208. The average Bonchev–Trinajstić information content (AvgIpc) is 2.42. The molecule has 0 radical (unpaired) electrons. The number of hydrogen-bond donors (Lipinski definition) is 1. The Morgan fingerprint density at radius 1 is 1.35 bits per heavy atom. The summed E-state index contributed by atoms with van der Waals surface area (Å²) in [6.45, 7) is 8.59. The van der Waals surface area contributed by atoms with Crippen molar-refractivity contribution in [3.8, 4) is 5.75 Å². The first-order chi connectivity index (χ1) is 9.60. The molecule has 1 atom stereocenters. The van der Waals surface area contributed by atoms with Crippen LogP contribution in [0.25, 0.3) is 0 Å². The summed E-state index contributed by atoms with van der Waals surface area (Å²) in [5.41, 5.74) is 8.48. The molecule has 3 heteroatoms. The summed E-state index contributed by atoms with van der Waals surface area (Å²) in [5.74, 6) is 1.02. The lowest BCUT2D eigenvalue weighted by Crippen LogP contribution is -2.39. The molecule has 1 aliphatic heterocycles. The Balaban J connectivity index is 2.02. The second-order valence-electron chi connectivity index (χ2n) is 5.99. The first kappa shape index (κ1) is 15.2. The number of piperidine rings is 1. The van der Waals surface area contributed by atoms with Crippen molar-refractivity contribution < 1.29 is 4.74 Å². The molecular weight excluding hydrogens is 248 g/mol. The zero-order valence-electron chi connectivity index (χ0n) is 13.1. The molecule has 1 aromatic rings. The number of ether oxygens (including phenoxy) is 1. The van der Waals surface area contributed by atoms with Crippen molar-refractivity contribution in [2.24, 2.45) is 5.73 Å². The number of nitrogens with two attached hydrogens (primary N) is 1. The van der Waals surface area contributed by atoms with Gasteiger partial charge in [-0.3, -0.25) is 0 Å². The van der Waals surface area contributed by atoms with Crippen LogP contribution in [0.2, 0.25) is 0 Å². The highest BCUT2D eigenvalue weighted by Crippen LogP contribution is 2.27. The number of aryl methyl sites for hydroxylation is 1. The normalized spacial score (nSPS) is 18.1. The minimum Gasteiger partial charge on any atom is -0.490 e. The van der Waals surface area contributed by atoms with Crippen LogP contribution in [0, 0.1) is 6.92 Å². The van der Waals surface area contributed by atoms with Crippen LogP contribution < -0.4 is 15.4 Å². The van der Waals surface area contributed by atoms with Crippen LogP contribution >= 0.6 is 0 Å². The summed E-state index contributed by atoms with van der Waals surface area (Å²) in [6, 6.07) is 6.92. The van der Waals surface area contributed by atoms with Gasteiger partial charge < -0.3 is 15.4 Å². The fraction of sp³-hybridized carbons (Fsp3) is 0.647. The molecule has 2 rings (SSSR count). The fourth-order valence-corrected chi connectivity index (χ4v) is 2.80. The second kappa shape index (κ2) is 6.98. The van der Waals surface area contributed by atoms with Gasteiger partial charge in [-0.15, -0.1) is 0 Å². The van der Waals surface area contributed by atoms with Crippen molar-refractivity contribution in [1.82, 2.24) is 0 Å². The van der Waals surface area contributed by atoms with Crippen molar-refractivity contribution in [3.63, 3.8) is 0 Å². The molecule has 1 fully saturated rings. The fourth-order valence-electron chi connectivity index (χ4n) is 2.80. The van der Waals surface area contributed by atoms with Gasteiger partial charge in [0.15, 0.2) is 0 Å². The van der Waals surface area contributed by atoms with E-state index in [-0.39, 0.29) is 6.10 Å². The average molecular weight is 276 g/mol. The summed E-state index contributed by atoms with van der Waals surface area (Å²) in [6.07, 6.45) is 4.73. The molecular formula is C17H28N2O. The molecule has 2 N–H and O–H groups in total. The van der Waals surface area contributed by atoms with Gasteiger partial charge in [0.2, 0.25) is 0 Å². The van der Waals surface area contributed by atoms with E-state index in [1.54, 1.807) is 0 Å². The van der Waals surface area contributed by atoms with E-state index in [1.165, 1.54) is 11.3 Å². The third-order valence-corrected chi connectivity index (χ3v) is 4.09. The third kappa shape index (κ3) is 3.89. The largest absolute Gasteiger partial charge is 0.490 e. The van der Waals surface area contributed by atoms with Crippen molar-refractivity contribution in [2.75, 3.05) is 18.0 Å². The van der Waals surface area contributed by atoms with E-state index in [0.29, 0.717) is 6.04 Å². The monoisotopic (exact) mass is 276 g/mol. The number of nitrogens with zero attached hydrogens (tertiary/aromatic N) is 1. The molecule has 3 nitrogen and oxygen atoms in total. The number of benzene rings is 1. The van der Waals surface area contributed by atoms with E-state index in [1.807, 2.05) is 0 Å². The van der Waals surface area contributed by atoms with Crippen LogP contribution in [0.15, 0.2) is 18.2 Å². The highest BCUT2D eigenvalue weighted by atomic mass is 16.5. The Kier molecular flexibility index (Phi) is 5.30. The maximum Gasteiger partial charge on any atom is 0.122 e. The predicted octanol–water partition coefficient (Wildman–Crippen LogP) is 3.49. The van der Waals surface area contributed by atoms with Crippen LogP contribution in [0.5, 0.6) is 5.75 Å². The van der Waals surface area contributed by atoms with E-state index >= 15 is 0 Å². The van der Waals surface area contributed by atoms with Crippen LogP contribution in [-0.2, 0) is 0 Å². The van der Waals surface area contributed by atoms with E-state index < -0.39 is 0 Å². The highest BCUT2D eigenvalue weighted by molar-refractivity contribution is 5.53. The van der Waals surface area contributed by atoms with Gasteiger partial charge in [0.1, 0.15) is 5.75 Å². The second-order valence-corrected chi connectivity index (χ2v) is 5.99. The minimum absolute atomic E-state index is 0.289. The molecule has 0 amide bonds. The smallest absolute Gasteiger partial charge is 0.122 e. The van der Waals surface area contributed by atoms with Crippen LogP contribution in [-0.4, -0.2) is 25.2 Å². The van der Waals surface area contributed by atoms with Crippen molar-refractivity contribution in [3.05, 3.63) is 23.8 Å². The number of rotatable bonds is 5. The van der Waals surface area contributed by atoms with Gasteiger partial charge in [0.25, 0.3) is 0 Å². The third-order valence-electron chi connectivity index (χ3n) is 4.09. The first-order valence-electron chi connectivity index (χ1n) is 7.88. The molecule has 1 heterocycles. The highest BCUT2D eigenvalue weighted by Gasteiger charge is 2.17. The van der Waals surface area contributed by atoms with Gasteiger partial charge in [0.05, 0.1) is 6.10 Å². The molecule has 112 valence electrons. The number of anilines is 1. The summed E-state index contributed by atoms with van der Waals surface area (Å²) in [7, 11) is 0. The minimum atomic E-state index is 0.289. The topological polar surface area (TPSA) is 38.5 Å². The zero-order valence-corrected chi connectivity index (χ0v) is 13.1. The van der Waals surface area contributed by atoms with Crippen molar-refractivity contribution in [2.45, 2.75) is 58.6 Å². The van der Waals surface area contributed by atoms with E-state index in [9.17, 15) is 0 Å². The molecule has 0 spiro atoms. The first-order valence-corrected chi connectivity index (χ1v) is 7.88. The van der Waals surface area contributed by atoms with Crippen LogP contribution in [0.3, 0.4) is 0 Å². The number of hydrogen-bond acceptors (Lipinski definition) is 3. The van der Waals surface area contributed by atoms with E-state index in [0.717, 1.165) is 44.5 Å². The predicted molar refractivity (Wildman–Crippen MR) is 85.6 cm³/mol. The van der Waals surface area contributed by atoms with Crippen LogP contribution in [0.1, 0.15) is 45.1 Å². The molecule has 20 heavy (non-hydrogen) atoms.